The van der Waals surface area contributed by atoms with Gasteiger partial charge >= 0.3 is 0 Å². The molecule has 1 aromatic heterocycles. The maximum atomic E-state index is 12.5. The van der Waals surface area contributed by atoms with Gasteiger partial charge in [0.25, 0.3) is 0 Å². The van der Waals surface area contributed by atoms with Gasteiger partial charge in [0.05, 0.1) is 18.4 Å². The number of tetrazole rings is 1. The maximum absolute atomic E-state index is 12.5. The van der Waals surface area contributed by atoms with Gasteiger partial charge in [0.2, 0.25) is 5.16 Å². The molecule has 0 N–H and O–H groups in total. The molecule has 0 amide bonds. The molecule has 2 heterocycles. The number of rotatable bonds is 6. The summed E-state index contributed by atoms with van der Waals surface area (Å²) in [5, 5.41) is 14.6. The quantitative estimate of drug-likeness (QED) is 0.501. The molecule has 1 fully saturated rings. The fourth-order valence-corrected chi connectivity index (χ4v) is 3.75. The lowest BCUT2D eigenvalue weighted by Crippen LogP contribution is -2.17. The molecular formula is C18H18N4O2S. The smallest absolute Gasteiger partial charge is 0.209 e. The van der Waals surface area contributed by atoms with Crippen LogP contribution >= 0.6 is 11.8 Å². The molecule has 7 heteroatoms. The van der Waals surface area contributed by atoms with E-state index in [1.165, 1.54) is 11.8 Å². The monoisotopic (exact) mass is 354 g/mol. The van der Waals surface area contributed by atoms with E-state index in [1.807, 2.05) is 42.5 Å². The van der Waals surface area contributed by atoms with Crippen molar-refractivity contribution in [3.05, 3.63) is 48.0 Å². The first-order chi connectivity index (χ1) is 12.3. The molecule has 2 aromatic carbocycles. The number of nitrogens with zero attached hydrogens (tertiary/aromatic N) is 4. The van der Waals surface area contributed by atoms with E-state index < -0.39 is 0 Å². The molecule has 1 atom stereocenters. The van der Waals surface area contributed by atoms with Crippen LogP contribution in [0, 0.1) is 0 Å². The van der Waals surface area contributed by atoms with Gasteiger partial charge in [0, 0.05) is 12.2 Å². The summed E-state index contributed by atoms with van der Waals surface area (Å²) >= 11 is 1.37. The molecule has 3 aromatic rings. The Kier molecular flexibility index (Phi) is 4.76. The summed E-state index contributed by atoms with van der Waals surface area (Å²) < 4.78 is 7.35. The second kappa shape index (κ2) is 7.33. The number of carbonyl (C=O) groups excluding carboxylic acids is 1. The van der Waals surface area contributed by atoms with Crippen LogP contribution in [0.15, 0.2) is 47.6 Å². The summed E-state index contributed by atoms with van der Waals surface area (Å²) in [4.78, 5) is 12.5. The molecule has 0 unspecified atom stereocenters. The zero-order valence-corrected chi connectivity index (χ0v) is 14.5. The van der Waals surface area contributed by atoms with Crippen LogP contribution < -0.4 is 0 Å². The predicted octanol–water partition coefficient (Wildman–Crippen LogP) is 2.98. The summed E-state index contributed by atoms with van der Waals surface area (Å²) in [6, 6.07) is 13.8. The van der Waals surface area contributed by atoms with E-state index in [2.05, 4.69) is 15.5 Å². The minimum Gasteiger partial charge on any atom is -0.376 e. The van der Waals surface area contributed by atoms with Crippen LogP contribution in [0.5, 0.6) is 0 Å². The number of ketones is 1. The molecule has 128 valence electrons. The number of ether oxygens (including phenoxy) is 1. The molecule has 25 heavy (non-hydrogen) atoms. The van der Waals surface area contributed by atoms with Gasteiger partial charge in [-0.2, -0.15) is 0 Å². The van der Waals surface area contributed by atoms with Gasteiger partial charge in [0.15, 0.2) is 5.78 Å². The fourth-order valence-electron chi connectivity index (χ4n) is 2.97. The Morgan fingerprint density at radius 2 is 2.12 bits per heavy atom. The number of Topliss-reactive ketones (excluding diaryl/α,β-unsaturated/α-hetero) is 1. The lowest BCUT2D eigenvalue weighted by atomic mass is 10.1. The zero-order chi connectivity index (χ0) is 17.1. The molecule has 1 aliphatic rings. The zero-order valence-electron chi connectivity index (χ0n) is 13.7. The lowest BCUT2D eigenvalue weighted by Gasteiger charge is -2.09. The summed E-state index contributed by atoms with van der Waals surface area (Å²) in [7, 11) is 0. The van der Waals surface area contributed by atoms with E-state index in [-0.39, 0.29) is 11.9 Å². The Hall–Kier alpha value is -2.25. The van der Waals surface area contributed by atoms with Crippen molar-refractivity contribution in [3.8, 4) is 0 Å². The van der Waals surface area contributed by atoms with Gasteiger partial charge in [-0.25, -0.2) is 4.68 Å². The standard InChI is InChI=1S/C18H18N4O2S/c23-17(15-8-7-13-4-1-2-5-14(13)10-15)12-25-18-19-20-21-22(18)11-16-6-3-9-24-16/h1-2,4-5,7-8,10,16H,3,6,9,11-12H2/t16-/m1/s1. The number of thioether (sulfide) groups is 1. The Morgan fingerprint density at radius 3 is 2.96 bits per heavy atom. The largest absolute Gasteiger partial charge is 0.376 e. The third-order valence-electron chi connectivity index (χ3n) is 4.30. The van der Waals surface area contributed by atoms with Crippen LogP contribution in [0.4, 0.5) is 0 Å². The Morgan fingerprint density at radius 1 is 1.24 bits per heavy atom. The van der Waals surface area contributed by atoms with Crippen LogP contribution in [-0.4, -0.2) is 44.5 Å². The minimum absolute atomic E-state index is 0.0717. The number of carbonyl (C=O) groups is 1. The van der Waals surface area contributed by atoms with Crippen LogP contribution in [-0.2, 0) is 11.3 Å². The van der Waals surface area contributed by atoms with Crippen molar-refractivity contribution in [3.63, 3.8) is 0 Å². The highest BCUT2D eigenvalue weighted by Crippen LogP contribution is 2.21. The number of hydrogen-bond donors (Lipinski definition) is 0. The van der Waals surface area contributed by atoms with Gasteiger partial charge < -0.3 is 4.74 Å². The molecule has 0 spiro atoms. The highest BCUT2D eigenvalue weighted by molar-refractivity contribution is 7.99. The Labute approximate surface area is 149 Å². The average molecular weight is 354 g/mol. The molecule has 1 aliphatic heterocycles. The second-order valence-electron chi connectivity index (χ2n) is 6.05. The van der Waals surface area contributed by atoms with E-state index in [9.17, 15) is 4.79 Å². The van der Waals surface area contributed by atoms with Crippen molar-refractivity contribution in [2.24, 2.45) is 0 Å². The van der Waals surface area contributed by atoms with Crippen molar-refractivity contribution >= 4 is 28.3 Å². The highest BCUT2D eigenvalue weighted by atomic mass is 32.2. The van der Waals surface area contributed by atoms with Crippen LogP contribution in [0.1, 0.15) is 23.2 Å². The van der Waals surface area contributed by atoms with E-state index >= 15 is 0 Å². The molecule has 0 aliphatic carbocycles. The summed E-state index contributed by atoms with van der Waals surface area (Å²) in [5.41, 5.74) is 0.712. The van der Waals surface area contributed by atoms with Crippen LogP contribution in [0.25, 0.3) is 10.8 Å². The fraction of sp³-hybridized carbons (Fsp3) is 0.333. The molecular weight excluding hydrogens is 336 g/mol. The van der Waals surface area contributed by atoms with Crippen LogP contribution in [0.3, 0.4) is 0 Å². The maximum Gasteiger partial charge on any atom is 0.209 e. The highest BCUT2D eigenvalue weighted by Gasteiger charge is 2.19. The topological polar surface area (TPSA) is 69.9 Å². The van der Waals surface area contributed by atoms with Gasteiger partial charge in [-0.1, -0.05) is 48.2 Å². The molecule has 1 saturated heterocycles. The van der Waals surface area contributed by atoms with Gasteiger partial charge in [-0.15, -0.1) is 5.10 Å². The number of hydrogen-bond acceptors (Lipinski definition) is 6. The number of aromatic nitrogens is 4. The molecule has 6 nitrogen and oxygen atoms in total. The molecule has 0 saturated carbocycles. The first-order valence-corrected chi connectivity index (χ1v) is 9.31. The van der Waals surface area contributed by atoms with E-state index in [1.54, 1.807) is 4.68 Å². The van der Waals surface area contributed by atoms with Crippen molar-refractivity contribution in [2.75, 3.05) is 12.4 Å². The van der Waals surface area contributed by atoms with Crippen molar-refractivity contribution < 1.29 is 9.53 Å². The van der Waals surface area contributed by atoms with Crippen molar-refractivity contribution in [2.45, 2.75) is 30.6 Å². The van der Waals surface area contributed by atoms with E-state index in [0.29, 0.717) is 23.0 Å². The Balaban J connectivity index is 1.42. The summed E-state index contributed by atoms with van der Waals surface area (Å²) in [6.07, 6.45) is 2.27. The van der Waals surface area contributed by atoms with Crippen molar-refractivity contribution in [1.29, 1.82) is 0 Å². The summed E-state index contributed by atoms with van der Waals surface area (Å²) in [5.74, 6) is 0.381. The SMILES string of the molecule is O=C(CSc1nnnn1C[C@H]1CCCO1)c1ccc2ccccc2c1. The average Bonchev–Trinajstić information content (AvgIpc) is 3.32. The van der Waals surface area contributed by atoms with Gasteiger partial charge in [-0.3, -0.25) is 4.79 Å². The van der Waals surface area contributed by atoms with Crippen molar-refractivity contribution in [1.82, 2.24) is 20.2 Å². The van der Waals surface area contributed by atoms with E-state index in [0.717, 1.165) is 30.2 Å². The number of fused-ring (bicyclic) bond motifs is 1. The van der Waals surface area contributed by atoms with Gasteiger partial charge in [0.1, 0.15) is 0 Å². The third-order valence-corrected chi connectivity index (χ3v) is 5.26. The molecule has 4 rings (SSSR count). The third kappa shape index (κ3) is 3.72. The number of benzene rings is 2. The van der Waals surface area contributed by atoms with Gasteiger partial charge in [-0.05, 0) is 40.1 Å². The second-order valence-corrected chi connectivity index (χ2v) is 6.99. The molecule has 0 radical (unpaired) electrons. The predicted molar refractivity (Wildman–Crippen MR) is 95.8 cm³/mol. The first kappa shape index (κ1) is 16.2. The lowest BCUT2D eigenvalue weighted by molar-refractivity contribution is 0.0912. The van der Waals surface area contributed by atoms with E-state index in [4.69, 9.17) is 4.74 Å². The first-order valence-electron chi connectivity index (χ1n) is 8.32. The molecule has 0 bridgehead atoms. The van der Waals surface area contributed by atoms with Crippen LogP contribution in [0.2, 0.25) is 0 Å². The summed E-state index contributed by atoms with van der Waals surface area (Å²) in [6.45, 7) is 1.44. The normalized spacial score (nSPS) is 17.2. The minimum atomic E-state index is 0.0717. The Bertz CT molecular complexity index is 889.